The van der Waals surface area contributed by atoms with Crippen molar-refractivity contribution < 1.29 is 4.74 Å². The van der Waals surface area contributed by atoms with E-state index >= 15 is 0 Å². The number of hydrogen-bond acceptors (Lipinski definition) is 3. The average Bonchev–Trinajstić information content (AvgIpc) is 2.41. The molecule has 4 heteroatoms. The highest BCUT2D eigenvalue weighted by molar-refractivity contribution is 5.37. The first-order chi connectivity index (χ1) is 6.72. The van der Waals surface area contributed by atoms with Crippen molar-refractivity contribution in [2.45, 2.75) is 38.8 Å². The van der Waals surface area contributed by atoms with E-state index in [1.165, 1.54) is 0 Å². The Morgan fingerprint density at radius 3 is 2.86 bits per heavy atom. The number of ether oxygens (including phenoxy) is 1. The molecule has 1 aliphatic rings. The summed E-state index contributed by atoms with van der Waals surface area (Å²) in [5.74, 6) is 0.796. The van der Waals surface area contributed by atoms with Crippen LogP contribution in [0.2, 0.25) is 0 Å². The molecule has 1 aliphatic carbocycles. The molecule has 0 spiro atoms. The van der Waals surface area contributed by atoms with E-state index in [0.717, 1.165) is 30.8 Å². The quantitative estimate of drug-likeness (QED) is 0.795. The SMILES string of the molecule is CCOC1CC(n2ncc(C)c2N)C1. The summed E-state index contributed by atoms with van der Waals surface area (Å²) in [5, 5.41) is 4.27. The van der Waals surface area contributed by atoms with Crippen molar-refractivity contribution in [3.8, 4) is 0 Å². The molecule has 14 heavy (non-hydrogen) atoms. The fourth-order valence-electron chi connectivity index (χ4n) is 1.86. The number of hydrogen-bond donors (Lipinski definition) is 1. The first kappa shape index (κ1) is 9.52. The molecule has 1 heterocycles. The molecule has 0 aliphatic heterocycles. The zero-order valence-electron chi connectivity index (χ0n) is 8.73. The standard InChI is InChI=1S/C10H17N3O/c1-3-14-9-4-8(5-9)13-10(11)7(2)6-12-13/h6,8-9H,3-5,11H2,1-2H3. The van der Waals surface area contributed by atoms with E-state index in [1.807, 2.05) is 24.7 Å². The van der Waals surface area contributed by atoms with Crippen molar-refractivity contribution in [1.82, 2.24) is 9.78 Å². The highest BCUT2D eigenvalue weighted by Crippen LogP contribution is 2.35. The number of nitrogens with zero attached hydrogens (tertiary/aromatic N) is 2. The third-order valence-electron chi connectivity index (χ3n) is 2.84. The van der Waals surface area contributed by atoms with Gasteiger partial charge in [0.15, 0.2) is 0 Å². The van der Waals surface area contributed by atoms with Crippen LogP contribution >= 0.6 is 0 Å². The number of rotatable bonds is 3. The molecule has 2 N–H and O–H groups in total. The predicted molar refractivity (Wildman–Crippen MR) is 55.1 cm³/mol. The highest BCUT2D eigenvalue weighted by atomic mass is 16.5. The molecule has 2 rings (SSSR count). The van der Waals surface area contributed by atoms with Gasteiger partial charge in [0.05, 0.1) is 18.3 Å². The fraction of sp³-hybridized carbons (Fsp3) is 0.700. The molecule has 1 saturated carbocycles. The Labute approximate surface area is 84.0 Å². The fourth-order valence-corrected chi connectivity index (χ4v) is 1.86. The monoisotopic (exact) mass is 195 g/mol. The van der Waals surface area contributed by atoms with Crippen molar-refractivity contribution in [3.05, 3.63) is 11.8 Å². The number of nitrogen functional groups attached to an aromatic ring is 1. The molecule has 0 bridgehead atoms. The largest absolute Gasteiger partial charge is 0.384 e. The molecule has 0 aromatic carbocycles. The van der Waals surface area contributed by atoms with Crippen molar-refractivity contribution in [2.75, 3.05) is 12.3 Å². The Morgan fingerprint density at radius 1 is 1.64 bits per heavy atom. The van der Waals surface area contributed by atoms with Crippen LogP contribution in [0.1, 0.15) is 31.4 Å². The van der Waals surface area contributed by atoms with Gasteiger partial charge in [-0.25, -0.2) is 4.68 Å². The van der Waals surface area contributed by atoms with E-state index in [0.29, 0.717) is 12.1 Å². The van der Waals surface area contributed by atoms with Crippen molar-refractivity contribution in [1.29, 1.82) is 0 Å². The molecular weight excluding hydrogens is 178 g/mol. The second kappa shape index (κ2) is 3.61. The van der Waals surface area contributed by atoms with E-state index in [4.69, 9.17) is 10.5 Å². The van der Waals surface area contributed by atoms with E-state index in [9.17, 15) is 0 Å². The molecule has 0 saturated heterocycles. The molecule has 0 atom stereocenters. The number of aromatic nitrogens is 2. The van der Waals surface area contributed by atoms with Crippen LogP contribution in [0.25, 0.3) is 0 Å². The van der Waals surface area contributed by atoms with E-state index in [1.54, 1.807) is 0 Å². The second-order valence-electron chi connectivity index (χ2n) is 3.86. The Kier molecular flexibility index (Phi) is 2.46. The normalized spacial score (nSPS) is 26.1. The summed E-state index contributed by atoms with van der Waals surface area (Å²) in [6.07, 6.45) is 4.32. The summed E-state index contributed by atoms with van der Waals surface area (Å²) >= 11 is 0. The summed E-state index contributed by atoms with van der Waals surface area (Å²) in [5.41, 5.74) is 6.95. The molecule has 0 radical (unpaired) electrons. The Balaban J connectivity index is 1.96. The predicted octanol–water partition coefficient (Wildman–Crippen LogP) is 1.51. The van der Waals surface area contributed by atoms with Gasteiger partial charge >= 0.3 is 0 Å². The number of nitrogens with two attached hydrogens (primary N) is 1. The Bertz CT molecular complexity index is 315. The van der Waals surface area contributed by atoms with Gasteiger partial charge in [-0.05, 0) is 26.7 Å². The van der Waals surface area contributed by atoms with Crippen LogP contribution < -0.4 is 5.73 Å². The van der Waals surface area contributed by atoms with Crippen LogP contribution in [0.4, 0.5) is 5.82 Å². The van der Waals surface area contributed by atoms with E-state index in [2.05, 4.69) is 5.10 Å². The number of anilines is 1. The molecule has 0 amide bonds. The van der Waals surface area contributed by atoms with E-state index in [-0.39, 0.29) is 0 Å². The lowest BCUT2D eigenvalue weighted by atomic mass is 9.89. The third kappa shape index (κ3) is 1.50. The summed E-state index contributed by atoms with van der Waals surface area (Å²) in [4.78, 5) is 0. The lowest BCUT2D eigenvalue weighted by Crippen LogP contribution is -2.34. The zero-order valence-corrected chi connectivity index (χ0v) is 8.73. The first-order valence-electron chi connectivity index (χ1n) is 5.13. The summed E-state index contributed by atoms with van der Waals surface area (Å²) < 4.78 is 7.42. The smallest absolute Gasteiger partial charge is 0.124 e. The summed E-state index contributed by atoms with van der Waals surface area (Å²) in [6.45, 7) is 4.81. The minimum atomic E-state index is 0.411. The average molecular weight is 195 g/mol. The van der Waals surface area contributed by atoms with Gasteiger partial charge in [0.25, 0.3) is 0 Å². The van der Waals surface area contributed by atoms with Gasteiger partial charge in [-0.15, -0.1) is 0 Å². The third-order valence-corrected chi connectivity index (χ3v) is 2.84. The van der Waals surface area contributed by atoms with Gasteiger partial charge in [0, 0.05) is 12.2 Å². The van der Waals surface area contributed by atoms with Gasteiger partial charge < -0.3 is 10.5 Å². The van der Waals surface area contributed by atoms with Gasteiger partial charge in [-0.3, -0.25) is 0 Å². The van der Waals surface area contributed by atoms with Crippen molar-refractivity contribution in [2.24, 2.45) is 0 Å². The van der Waals surface area contributed by atoms with Crippen molar-refractivity contribution >= 4 is 5.82 Å². The van der Waals surface area contributed by atoms with Crippen LogP contribution in [0.5, 0.6) is 0 Å². The maximum Gasteiger partial charge on any atom is 0.124 e. The lowest BCUT2D eigenvalue weighted by Gasteiger charge is -2.35. The summed E-state index contributed by atoms with van der Waals surface area (Å²) in [6, 6.07) is 0.445. The van der Waals surface area contributed by atoms with Crippen LogP contribution in [0.3, 0.4) is 0 Å². The first-order valence-corrected chi connectivity index (χ1v) is 5.13. The maximum atomic E-state index is 5.89. The van der Waals surface area contributed by atoms with Crippen LogP contribution in [-0.2, 0) is 4.74 Å². The summed E-state index contributed by atoms with van der Waals surface area (Å²) in [7, 11) is 0. The Hall–Kier alpha value is -1.03. The zero-order chi connectivity index (χ0) is 10.1. The molecule has 1 fully saturated rings. The van der Waals surface area contributed by atoms with Crippen LogP contribution in [0.15, 0.2) is 6.20 Å². The van der Waals surface area contributed by atoms with Gasteiger partial charge in [-0.1, -0.05) is 0 Å². The Morgan fingerprint density at radius 2 is 2.36 bits per heavy atom. The number of aryl methyl sites for hydroxylation is 1. The topological polar surface area (TPSA) is 53.1 Å². The molecule has 0 unspecified atom stereocenters. The van der Waals surface area contributed by atoms with Gasteiger partial charge in [-0.2, -0.15) is 5.10 Å². The highest BCUT2D eigenvalue weighted by Gasteiger charge is 2.32. The maximum absolute atomic E-state index is 5.89. The molecule has 4 nitrogen and oxygen atoms in total. The van der Waals surface area contributed by atoms with Crippen molar-refractivity contribution in [3.63, 3.8) is 0 Å². The minimum Gasteiger partial charge on any atom is -0.384 e. The van der Waals surface area contributed by atoms with Gasteiger partial charge in [0.1, 0.15) is 5.82 Å². The molecule has 78 valence electrons. The second-order valence-corrected chi connectivity index (χ2v) is 3.86. The molecule has 1 aromatic rings. The van der Waals surface area contributed by atoms with Gasteiger partial charge in [0.2, 0.25) is 0 Å². The van der Waals surface area contributed by atoms with Crippen LogP contribution in [-0.4, -0.2) is 22.5 Å². The minimum absolute atomic E-state index is 0.411. The van der Waals surface area contributed by atoms with E-state index < -0.39 is 0 Å². The van der Waals surface area contributed by atoms with Crippen LogP contribution in [0, 0.1) is 6.92 Å². The lowest BCUT2D eigenvalue weighted by molar-refractivity contribution is -0.0221. The molecule has 1 aromatic heterocycles. The molecular formula is C10H17N3O.